The van der Waals surface area contributed by atoms with E-state index in [1.165, 1.54) is 60.6 Å². The topological polar surface area (TPSA) is 24.1 Å². The first-order chi connectivity index (χ1) is 9.90. The van der Waals surface area contributed by atoms with Gasteiger partial charge in [-0.3, -0.25) is 0 Å². The summed E-state index contributed by atoms with van der Waals surface area (Å²) in [5.74, 6) is 0.964. The Balaban J connectivity index is 1.53. The van der Waals surface area contributed by atoms with Gasteiger partial charge in [0, 0.05) is 16.8 Å². The highest BCUT2D eigenvalue weighted by molar-refractivity contribution is 6.67. The Morgan fingerprint density at radius 3 is 2.25 bits per heavy atom. The molecule has 0 atom stereocenters. The van der Waals surface area contributed by atoms with E-state index in [0.29, 0.717) is 6.98 Å². The number of nitrogens with one attached hydrogen (secondary N) is 2. The maximum absolute atomic E-state index is 3.67. The Labute approximate surface area is 121 Å². The summed E-state index contributed by atoms with van der Waals surface area (Å²) in [4.78, 5) is 0. The van der Waals surface area contributed by atoms with E-state index in [9.17, 15) is 0 Å². The van der Waals surface area contributed by atoms with E-state index in [4.69, 9.17) is 0 Å². The van der Waals surface area contributed by atoms with Crippen LogP contribution in [0.3, 0.4) is 0 Å². The molecule has 2 nitrogen and oxygen atoms in total. The molecule has 0 bridgehead atoms. The van der Waals surface area contributed by atoms with Crippen molar-refractivity contribution in [2.24, 2.45) is 5.92 Å². The summed E-state index contributed by atoms with van der Waals surface area (Å²) in [6, 6.07) is 13.1. The molecule has 3 heteroatoms. The third-order valence-electron chi connectivity index (χ3n) is 4.90. The molecule has 0 saturated heterocycles. The van der Waals surface area contributed by atoms with Crippen molar-refractivity contribution < 1.29 is 0 Å². The number of rotatable bonds is 3. The fourth-order valence-corrected chi connectivity index (χ4v) is 3.84. The number of benzene rings is 2. The molecule has 1 aliphatic carbocycles. The molecule has 2 aromatic carbocycles. The first-order valence-electron chi connectivity index (χ1n) is 7.95. The van der Waals surface area contributed by atoms with E-state index in [1.54, 1.807) is 0 Å². The van der Waals surface area contributed by atoms with E-state index in [0.717, 1.165) is 5.92 Å². The molecule has 1 aliphatic heterocycles. The molecule has 102 valence electrons. The molecule has 1 heterocycles. The minimum atomic E-state index is 0.385. The second kappa shape index (κ2) is 5.04. The molecule has 4 rings (SSSR count). The van der Waals surface area contributed by atoms with E-state index >= 15 is 0 Å². The molecule has 0 amide bonds. The minimum Gasteiger partial charge on any atom is -0.409 e. The van der Waals surface area contributed by atoms with Gasteiger partial charge in [-0.1, -0.05) is 56.4 Å². The predicted octanol–water partition coefficient (Wildman–Crippen LogP) is 4.75. The summed E-state index contributed by atoms with van der Waals surface area (Å²) in [6.45, 7) is 0.385. The molecule has 1 saturated carbocycles. The molecule has 2 aromatic rings. The molecule has 20 heavy (non-hydrogen) atoms. The van der Waals surface area contributed by atoms with Crippen LogP contribution < -0.4 is 10.5 Å². The predicted molar refractivity (Wildman–Crippen MR) is 88.3 cm³/mol. The summed E-state index contributed by atoms with van der Waals surface area (Å²) in [5.41, 5.74) is 2.57. The molecule has 0 spiro atoms. The smallest absolute Gasteiger partial charge is 0.370 e. The summed E-state index contributed by atoms with van der Waals surface area (Å²) in [7, 11) is 0. The Morgan fingerprint density at radius 2 is 1.60 bits per heavy atom. The summed E-state index contributed by atoms with van der Waals surface area (Å²) in [5, 5.41) is 10.0. The molecule has 0 aromatic heterocycles. The molecule has 0 radical (unpaired) electrons. The second-order valence-corrected chi connectivity index (χ2v) is 6.28. The Bertz CT molecular complexity index is 579. The van der Waals surface area contributed by atoms with E-state index in [1.807, 2.05) is 0 Å². The van der Waals surface area contributed by atoms with Crippen LogP contribution in [0.4, 0.5) is 11.4 Å². The maximum Gasteiger partial charge on any atom is 0.370 e. The van der Waals surface area contributed by atoms with Gasteiger partial charge < -0.3 is 10.5 Å². The van der Waals surface area contributed by atoms with Crippen LogP contribution in [0.25, 0.3) is 10.8 Å². The Hall–Kier alpha value is -1.64. The highest BCUT2D eigenvalue weighted by Crippen LogP contribution is 2.35. The molecular weight excluding hydrogens is 243 g/mol. The standard InChI is InChI=1S/C17H21BN2/c1-2-6-13(5-1)11-12-18-19-15-9-3-7-14-8-4-10-16(20-18)17(14)15/h3-4,7-10,13,19-20H,1-2,5-6,11-12H2. The van der Waals surface area contributed by atoms with Gasteiger partial charge in [0.05, 0.1) is 0 Å². The zero-order valence-corrected chi connectivity index (χ0v) is 11.9. The normalized spacial score (nSPS) is 18.1. The van der Waals surface area contributed by atoms with Crippen molar-refractivity contribution in [3.63, 3.8) is 0 Å². The average molecular weight is 264 g/mol. The monoisotopic (exact) mass is 264 g/mol. The van der Waals surface area contributed by atoms with Gasteiger partial charge in [-0.05, 0) is 29.8 Å². The van der Waals surface area contributed by atoms with E-state index in [-0.39, 0.29) is 0 Å². The lowest BCUT2D eigenvalue weighted by atomic mass is 9.67. The first-order valence-corrected chi connectivity index (χ1v) is 7.95. The maximum atomic E-state index is 3.67. The zero-order chi connectivity index (χ0) is 13.4. The van der Waals surface area contributed by atoms with Gasteiger partial charge in [-0.25, -0.2) is 0 Å². The summed E-state index contributed by atoms with van der Waals surface area (Å²) >= 11 is 0. The second-order valence-electron chi connectivity index (χ2n) is 6.28. The van der Waals surface area contributed by atoms with Gasteiger partial charge in [0.1, 0.15) is 0 Å². The first kappa shape index (κ1) is 12.1. The molecule has 1 fully saturated rings. The lowest BCUT2D eigenvalue weighted by molar-refractivity contribution is 0.528. The SMILES string of the molecule is c1cc2c3c(cccc3c1)NB(CCC1CCCC1)N2. The van der Waals surface area contributed by atoms with Crippen molar-refractivity contribution in [3.05, 3.63) is 36.4 Å². The quantitative estimate of drug-likeness (QED) is 0.782. The van der Waals surface area contributed by atoms with Crippen molar-refractivity contribution in [2.45, 2.75) is 38.4 Å². The lowest BCUT2D eigenvalue weighted by Crippen LogP contribution is -2.37. The number of anilines is 2. The fourth-order valence-electron chi connectivity index (χ4n) is 3.84. The molecule has 0 unspecified atom stereocenters. The van der Waals surface area contributed by atoms with Crippen molar-refractivity contribution in [2.75, 3.05) is 10.5 Å². The van der Waals surface area contributed by atoms with Crippen molar-refractivity contribution in [1.82, 2.24) is 0 Å². The highest BCUT2D eigenvalue weighted by Gasteiger charge is 2.25. The van der Waals surface area contributed by atoms with Crippen LogP contribution in [0.15, 0.2) is 36.4 Å². The highest BCUT2D eigenvalue weighted by atomic mass is 15.0. The largest absolute Gasteiger partial charge is 0.409 e. The van der Waals surface area contributed by atoms with Crippen LogP contribution in [0.5, 0.6) is 0 Å². The Morgan fingerprint density at radius 1 is 0.950 bits per heavy atom. The van der Waals surface area contributed by atoms with Crippen LogP contribution >= 0.6 is 0 Å². The minimum absolute atomic E-state index is 0.385. The van der Waals surface area contributed by atoms with Gasteiger partial charge in [0.15, 0.2) is 0 Å². The van der Waals surface area contributed by atoms with Gasteiger partial charge in [-0.15, -0.1) is 0 Å². The lowest BCUT2D eigenvalue weighted by Gasteiger charge is -2.27. The van der Waals surface area contributed by atoms with Crippen molar-refractivity contribution in [3.8, 4) is 0 Å². The number of hydrogen-bond donors (Lipinski definition) is 2. The third kappa shape index (κ3) is 2.15. The molecule has 2 aliphatic rings. The molecular formula is C17H21BN2. The van der Waals surface area contributed by atoms with Crippen molar-refractivity contribution in [1.29, 1.82) is 0 Å². The summed E-state index contributed by atoms with van der Waals surface area (Å²) < 4.78 is 0. The molecule has 2 N–H and O–H groups in total. The van der Waals surface area contributed by atoms with Crippen molar-refractivity contribution >= 4 is 29.1 Å². The van der Waals surface area contributed by atoms with Gasteiger partial charge >= 0.3 is 6.98 Å². The van der Waals surface area contributed by atoms with Gasteiger partial charge in [0.25, 0.3) is 0 Å². The third-order valence-corrected chi connectivity index (χ3v) is 4.90. The van der Waals surface area contributed by atoms with Crippen LogP contribution in [0.1, 0.15) is 32.1 Å². The van der Waals surface area contributed by atoms with E-state index in [2.05, 4.69) is 46.9 Å². The summed E-state index contributed by atoms with van der Waals surface area (Å²) in [6.07, 6.45) is 8.34. The average Bonchev–Trinajstić information content (AvgIpc) is 2.99. The van der Waals surface area contributed by atoms with Gasteiger partial charge in [-0.2, -0.15) is 0 Å². The Kier molecular flexibility index (Phi) is 3.06. The number of hydrogen-bond acceptors (Lipinski definition) is 2. The van der Waals surface area contributed by atoms with Crippen LogP contribution in [0.2, 0.25) is 6.32 Å². The van der Waals surface area contributed by atoms with Crippen LogP contribution in [-0.2, 0) is 0 Å². The van der Waals surface area contributed by atoms with Crippen LogP contribution in [0, 0.1) is 5.92 Å². The van der Waals surface area contributed by atoms with Crippen LogP contribution in [-0.4, -0.2) is 6.98 Å². The van der Waals surface area contributed by atoms with E-state index < -0.39 is 0 Å². The van der Waals surface area contributed by atoms with Gasteiger partial charge in [0.2, 0.25) is 0 Å². The fraction of sp³-hybridized carbons (Fsp3) is 0.412. The zero-order valence-electron chi connectivity index (χ0n) is 11.9.